The van der Waals surface area contributed by atoms with Crippen LogP contribution in [0.15, 0.2) is 40.7 Å². The molecule has 1 aliphatic rings. The first-order valence-corrected chi connectivity index (χ1v) is 6.11. The van der Waals surface area contributed by atoms with E-state index in [2.05, 4.69) is 15.6 Å². The molecule has 1 aromatic carbocycles. The SMILES string of the molecule is C/N=C1/NC=C(C(=O)c2c(F)ccc(N)c2F)/C1=C/NC. The molecule has 0 atom stereocenters. The maximum Gasteiger partial charge on any atom is 0.201 e. The second-order valence-electron chi connectivity index (χ2n) is 4.28. The van der Waals surface area contributed by atoms with Crippen molar-refractivity contribution >= 4 is 17.3 Å². The number of aliphatic imine (C=N–C) groups is 1. The van der Waals surface area contributed by atoms with E-state index < -0.39 is 23.0 Å². The Balaban J connectivity index is 2.51. The summed E-state index contributed by atoms with van der Waals surface area (Å²) in [6.45, 7) is 0. The third kappa shape index (κ3) is 2.49. The number of hydrogen-bond donors (Lipinski definition) is 3. The van der Waals surface area contributed by atoms with E-state index in [4.69, 9.17) is 5.73 Å². The molecule has 0 radical (unpaired) electrons. The van der Waals surface area contributed by atoms with E-state index in [-0.39, 0.29) is 11.3 Å². The van der Waals surface area contributed by atoms with Crippen LogP contribution < -0.4 is 16.4 Å². The molecule has 0 fully saturated rings. The zero-order valence-electron chi connectivity index (χ0n) is 11.5. The summed E-state index contributed by atoms with van der Waals surface area (Å²) in [6, 6.07) is 2.04. The van der Waals surface area contributed by atoms with Crippen LogP contribution in [-0.4, -0.2) is 25.7 Å². The molecule has 0 bridgehead atoms. The topological polar surface area (TPSA) is 79.5 Å². The van der Waals surface area contributed by atoms with Crippen molar-refractivity contribution in [1.29, 1.82) is 0 Å². The number of halogens is 2. The van der Waals surface area contributed by atoms with Gasteiger partial charge in [0.25, 0.3) is 0 Å². The second-order valence-corrected chi connectivity index (χ2v) is 4.28. The Morgan fingerprint density at radius 1 is 1.43 bits per heavy atom. The van der Waals surface area contributed by atoms with Crippen LogP contribution in [-0.2, 0) is 0 Å². The maximum atomic E-state index is 14.0. The summed E-state index contributed by atoms with van der Waals surface area (Å²) in [5, 5.41) is 5.54. The van der Waals surface area contributed by atoms with Crippen molar-refractivity contribution in [2.24, 2.45) is 4.99 Å². The Hall–Kier alpha value is -2.70. The molecule has 0 saturated carbocycles. The molecule has 2 rings (SSSR count). The lowest BCUT2D eigenvalue weighted by atomic mass is 9.98. The van der Waals surface area contributed by atoms with Gasteiger partial charge >= 0.3 is 0 Å². The molecule has 0 aromatic heterocycles. The van der Waals surface area contributed by atoms with Gasteiger partial charge in [-0.1, -0.05) is 0 Å². The van der Waals surface area contributed by atoms with Gasteiger partial charge in [0, 0.05) is 32.1 Å². The summed E-state index contributed by atoms with van der Waals surface area (Å²) in [7, 11) is 3.18. The number of ketones is 1. The molecule has 5 nitrogen and oxygen atoms in total. The van der Waals surface area contributed by atoms with E-state index in [1.807, 2.05) is 0 Å². The molecule has 0 amide bonds. The summed E-state index contributed by atoms with van der Waals surface area (Å²) in [5.74, 6) is -2.40. The van der Waals surface area contributed by atoms with E-state index >= 15 is 0 Å². The molecule has 110 valence electrons. The highest BCUT2D eigenvalue weighted by molar-refractivity contribution is 6.22. The van der Waals surface area contributed by atoms with Crippen LogP contribution in [0.1, 0.15) is 10.4 Å². The summed E-state index contributed by atoms with van der Waals surface area (Å²) >= 11 is 0. The molecule has 1 aromatic rings. The number of benzene rings is 1. The maximum absolute atomic E-state index is 14.0. The largest absolute Gasteiger partial charge is 0.396 e. The van der Waals surface area contributed by atoms with Crippen LogP contribution >= 0.6 is 0 Å². The standard InChI is InChI=1S/C14H14F2N4O/c1-18-5-8-7(6-20-14(8)19-2)13(21)11-9(15)3-4-10(17)12(11)16/h3-6,18H,17H2,1-2H3,(H,19,20)/b8-5-. The molecule has 1 heterocycles. The third-order valence-electron chi connectivity index (χ3n) is 3.00. The van der Waals surface area contributed by atoms with Crippen molar-refractivity contribution in [3.63, 3.8) is 0 Å². The van der Waals surface area contributed by atoms with Crippen LogP contribution in [0.4, 0.5) is 14.5 Å². The van der Waals surface area contributed by atoms with Crippen LogP contribution in [0.3, 0.4) is 0 Å². The number of nitrogens with two attached hydrogens (primary N) is 1. The van der Waals surface area contributed by atoms with Gasteiger partial charge in [-0.2, -0.15) is 0 Å². The van der Waals surface area contributed by atoms with Gasteiger partial charge in [0.1, 0.15) is 11.7 Å². The molecular weight excluding hydrogens is 278 g/mol. The van der Waals surface area contributed by atoms with Crippen LogP contribution in [0.5, 0.6) is 0 Å². The van der Waals surface area contributed by atoms with Crippen LogP contribution in [0.2, 0.25) is 0 Å². The molecule has 4 N–H and O–H groups in total. The van der Waals surface area contributed by atoms with Crippen LogP contribution in [0, 0.1) is 11.6 Å². The van der Waals surface area contributed by atoms with E-state index in [0.717, 1.165) is 12.1 Å². The number of hydrogen-bond acceptors (Lipinski definition) is 4. The number of anilines is 1. The van der Waals surface area contributed by atoms with Gasteiger partial charge in [-0.25, -0.2) is 8.78 Å². The van der Waals surface area contributed by atoms with Crippen molar-refractivity contribution in [2.75, 3.05) is 19.8 Å². The first-order chi connectivity index (χ1) is 10.0. The highest BCUT2D eigenvalue weighted by atomic mass is 19.1. The highest BCUT2D eigenvalue weighted by Crippen LogP contribution is 2.26. The molecular formula is C14H14F2N4O. The molecule has 0 aliphatic carbocycles. The minimum Gasteiger partial charge on any atom is -0.396 e. The molecule has 1 aliphatic heterocycles. The Kier molecular flexibility index (Phi) is 4.02. The zero-order valence-corrected chi connectivity index (χ0v) is 11.5. The van der Waals surface area contributed by atoms with E-state index in [1.54, 1.807) is 7.05 Å². The zero-order chi connectivity index (χ0) is 15.6. The molecule has 7 heteroatoms. The Morgan fingerprint density at radius 2 is 2.14 bits per heavy atom. The quantitative estimate of drug-likeness (QED) is 0.580. The second kappa shape index (κ2) is 5.74. The van der Waals surface area contributed by atoms with Crippen LogP contribution in [0.25, 0.3) is 0 Å². The summed E-state index contributed by atoms with van der Waals surface area (Å²) in [6.07, 6.45) is 2.88. The van der Waals surface area contributed by atoms with Gasteiger partial charge in [0.15, 0.2) is 5.82 Å². The van der Waals surface area contributed by atoms with E-state index in [9.17, 15) is 13.6 Å². The highest BCUT2D eigenvalue weighted by Gasteiger charge is 2.29. The third-order valence-corrected chi connectivity index (χ3v) is 3.00. The lowest BCUT2D eigenvalue weighted by molar-refractivity contribution is 0.103. The Labute approximate surface area is 120 Å². The first kappa shape index (κ1) is 14.7. The molecule has 0 saturated heterocycles. The number of nitrogens with one attached hydrogen (secondary N) is 2. The summed E-state index contributed by atoms with van der Waals surface area (Å²) in [5.41, 5.74) is 4.96. The smallest absolute Gasteiger partial charge is 0.201 e. The van der Waals surface area contributed by atoms with Crippen molar-refractivity contribution in [2.45, 2.75) is 0 Å². The van der Waals surface area contributed by atoms with Crippen molar-refractivity contribution in [3.05, 3.63) is 52.9 Å². The van der Waals surface area contributed by atoms with Gasteiger partial charge in [-0.05, 0) is 12.1 Å². The summed E-state index contributed by atoms with van der Waals surface area (Å²) in [4.78, 5) is 16.4. The van der Waals surface area contributed by atoms with Gasteiger partial charge in [-0.15, -0.1) is 0 Å². The number of carbonyl (C=O) groups is 1. The number of rotatable bonds is 3. The minimum absolute atomic E-state index is 0.105. The average molecular weight is 292 g/mol. The summed E-state index contributed by atoms with van der Waals surface area (Å²) < 4.78 is 27.8. The van der Waals surface area contributed by atoms with E-state index in [0.29, 0.717) is 11.4 Å². The lowest BCUT2D eigenvalue weighted by Crippen LogP contribution is -2.17. The molecule has 0 unspecified atom stereocenters. The first-order valence-electron chi connectivity index (χ1n) is 6.11. The van der Waals surface area contributed by atoms with Crippen molar-refractivity contribution in [1.82, 2.24) is 10.6 Å². The fourth-order valence-corrected chi connectivity index (χ4v) is 2.00. The fraction of sp³-hybridized carbons (Fsp3) is 0.143. The number of amidine groups is 1. The van der Waals surface area contributed by atoms with Gasteiger partial charge < -0.3 is 16.4 Å². The number of carbonyl (C=O) groups excluding carboxylic acids is 1. The minimum atomic E-state index is -1.06. The predicted octanol–water partition coefficient (Wildman–Crippen LogP) is 1.35. The van der Waals surface area contributed by atoms with Gasteiger partial charge in [0.05, 0.1) is 16.8 Å². The number of nitrogens with zero attached hydrogens (tertiary/aromatic N) is 1. The number of nitrogen functional groups attached to an aromatic ring is 1. The Bertz CT molecular complexity index is 692. The fourth-order valence-electron chi connectivity index (χ4n) is 2.00. The normalized spacial score (nSPS) is 17.8. The van der Waals surface area contributed by atoms with Crippen molar-refractivity contribution in [3.8, 4) is 0 Å². The van der Waals surface area contributed by atoms with Crippen molar-refractivity contribution < 1.29 is 13.6 Å². The molecule has 0 spiro atoms. The number of Topliss-reactive ketones (excluding diaryl/α,β-unsaturated/α-hetero) is 1. The monoisotopic (exact) mass is 292 g/mol. The van der Waals surface area contributed by atoms with E-state index in [1.165, 1.54) is 19.4 Å². The Morgan fingerprint density at radius 3 is 2.76 bits per heavy atom. The van der Waals surface area contributed by atoms with Gasteiger partial charge in [0.2, 0.25) is 5.78 Å². The predicted molar refractivity (Wildman–Crippen MR) is 76.8 cm³/mol. The van der Waals surface area contributed by atoms with Gasteiger partial charge in [-0.3, -0.25) is 9.79 Å². The lowest BCUT2D eigenvalue weighted by Gasteiger charge is -2.08. The molecule has 21 heavy (non-hydrogen) atoms. The average Bonchev–Trinajstić information content (AvgIpc) is 2.86.